The van der Waals surface area contributed by atoms with E-state index in [-0.39, 0.29) is 24.0 Å². The molecule has 9 heteroatoms. The third-order valence-corrected chi connectivity index (χ3v) is 4.17. The van der Waals surface area contributed by atoms with Crippen molar-refractivity contribution in [1.82, 2.24) is 25.2 Å². The fourth-order valence-electron chi connectivity index (χ4n) is 2.83. The number of aromatic nitrogens is 3. The van der Waals surface area contributed by atoms with Crippen LogP contribution in [0.5, 0.6) is 5.88 Å². The van der Waals surface area contributed by atoms with Gasteiger partial charge in [-0.15, -0.1) is 24.0 Å². The smallest absolute Gasteiger partial charge is 0.225 e. The van der Waals surface area contributed by atoms with E-state index < -0.39 is 0 Å². The summed E-state index contributed by atoms with van der Waals surface area (Å²) in [6.07, 6.45) is 5.31. The van der Waals surface area contributed by atoms with Gasteiger partial charge in [0.1, 0.15) is 0 Å². The molecule has 0 radical (unpaired) electrons. The molecule has 1 aliphatic rings. The zero-order chi connectivity index (χ0) is 18.2. The molecule has 0 aromatic carbocycles. The Morgan fingerprint density at radius 1 is 1.15 bits per heavy atom. The fourth-order valence-corrected chi connectivity index (χ4v) is 2.83. The maximum Gasteiger partial charge on any atom is 0.225 e. The second kappa shape index (κ2) is 10.9. The van der Waals surface area contributed by atoms with E-state index in [1.54, 1.807) is 25.7 Å². The van der Waals surface area contributed by atoms with Gasteiger partial charge in [0.2, 0.25) is 11.8 Å². The average molecular weight is 483 g/mol. The Morgan fingerprint density at radius 2 is 1.89 bits per heavy atom. The molecule has 0 amide bonds. The molecule has 3 rings (SSSR count). The molecule has 1 N–H and O–H groups in total. The zero-order valence-electron chi connectivity index (χ0n) is 15.7. The van der Waals surface area contributed by atoms with Crippen molar-refractivity contribution < 1.29 is 4.74 Å². The third-order valence-electron chi connectivity index (χ3n) is 4.17. The van der Waals surface area contributed by atoms with Gasteiger partial charge >= 0.3 is 0 Å². The van der Waals surface area contributed by atoms with E-state index in [1.165, 1.54) is 0 Å². The van der Waals surface area contributed by atoms with Crippen molar-refractivity contribution >= 4 is 35.9 Å². The summed E-state index contributed by atoms with van der Waals surface area (Å²) >= 11 is 0. The number of anilines is 1. The molecular weight excluding hydrogens is 457 g/mol. The van der Waals surface area contributed by atoms with Crippen molar-refractivity contribution in [3.05, 3.63) is 42.4 Å². The van der Waals surface area contributed by atoms with Crippen molar-refractivity contribution in [2.24, 2.45) is 4.99 Å². The zero-order valence-corrected chi connectivity index (χ0v) is 18.0. The first-order chi connectivity index (χ1) is 12.8. The number of nitrogens with one attached hydrogen (secondary N) is 1. The number of pyridine rings is 1. The molecule has 146 valence electrons. The summed E-state index contributed by atoms with van der Waals surface area (Å²) in [5.74, 6) is 2.33. The van der Waals surface area contributed by atoms with Crippen molar-refractivity contribution in [2.45, 2.75) is 13.5 Å². The summed E-state index contributed by atoms with van der Waals surface area (Å²) in [4.78, 5) is 22.1. The Hall–Kier alpha value is -2.17. The number of halogens is 1. The highest BCUT2D eigenvalue weighted by Crippen LogP contribution is 2.12. The molecule has 0 atom stereocenters. The molecule has 0 spiro atoms. The van der Waals surface area contributed by atoms with Crippen LogP contribution in [-0.4, -0.2) is 65.6 Å². The Labute approximate surface area is 177 Å². The van der Waals surface area contributed by atoms with Gasteiger partial charge in [-0.25, -0.2) is 19.9 Å². The van der Waals surface area contributed by atoms with Gasteiger partial charge in [-0.3, -0.25) is 0 Å². The van der Waals surface area contributed by atoms with Crippen molar-refractivity contribution in [3.63, 3.8) is 0 Å². The number of piperazine rings is 1. The quantitative estimate of drug-likeness (QED) is 0.395. The van der Waals surface area contributed by atoms with Gasteiger partial charge in [0, 0.05) is 57.4 Å². The van der Waals surface area contributed by atoms with Crippen LogP contribution in [0.1, 0.15) is 12.5 Å². The van der Waals surface area contributed by atoms with Crippen LogP contribution < -0.4 is 15.0 Å². The van der Waals surface area contributed by atoms with Gasteiger partial charge in [0.05, 0.1) is 13.7 Å². The van der Waals surface area contributed by atoms with Crippen LogP contribution in [0.4, 0.5) is 5.95 Å². The molecule has 0 unspecified atom stereocenters. The highest BCUT2D eigenvalue weighted by molar-refractivity contribution is 14.0. The summed E-state index contributed by atoms with van der Waals surface area (Å²) in [5, 5.41) is 3.39. The number of methoxy groups -OCH3 is 1. The van der Waals surface area contributed by atoms with Gasteiger partial charge in [-0.05, 0) is 24.6 Å². The van der Waals surface area contributed by atoms with E-state index in [4.69, 9.17) is 9.73 Å². The molecule has 3 heterocycles. The predicted octanol–water partition coefficient (Wildman–Crippen LogP) is 1.79. The summed E-state index contributed by atoms with van der Waals surface area (Å²) < 4.78 is 5.18. The Balaban J connectivity index is 0.00000261. The first kappa shape index (κ1) is 21.1. The number of rotatable bonds is 5. The first-order valence-electron chi connectivity index (χ1n) is 8.84. The molecule has 2 aromatic heterocycles. The van der Waals surface area contributed by atoms with Gasteiger partial charge in [-0.2, -0.15) is 0 Å². The summed E-state index contributed by atoms with van der Waals surface area (Å²) in [6.45, 7) is 7.01. The molecule has 27 heavy (non-hydrogen) atoms. The number of guanidine groups is 1. The second-order valence-electron chi connectivity index (χ2n) is 5.90. The first-order valence-corrected chi connectivity index (χ1v) is 8.84. The molecule has 8 nitrogen and oxygen atoms in total. The molecule has 2 aromatic rings. The topological polar surface area (TPSA) is 78.8 Å². The van der Waals surface area contributed by atoms with Crippen LogP contribution >= 0.6 is 24.0 Å². The second-order valence-corrected chi connectivity index (χ2v) is 5.90. The Kier molecular flexibility index (Phi) is 8.49. The summed E-state index contributed by atoms with van der Waals surface area (Å²) in [5.41, 5.74) is 1.07. The van der Waals surface area contributed by atoms with Gasteiger partial charge in [0.25, 0.3) is 0 Å². The largest absolute Gasteiger partial charge is 0.481 e. The average Bonchev–Trinajstić information content (AvgIpc) is 2.72. The number of hydrogen-bond acceptors (Lipinski definition) is 6. The third kappa shape index (κ3) is 5.91. The van der Waals surface area contributed by atoms with Crippen LogP contribution in [0.15, 0.2) is 41.8 Å². The predicted molar refractivity (Wildman–Crippen MR) is 117 cm³/mol. The van der Waals surface area contributed by atoms with Crippen molar-refractivity contribution in [2.75, 3.05) is 44.7 Å². The Bertz CT molecular complexity index is 721. The van der Waals surface area contributed by atoms with Gasteiger partial charge < -0.3 is 19.9 Å². The van der Waals surface area contributed by atoms with E-state index in [9.17, 15) is 0 Å². The lowest BCUT2D eigenvalue weighted by atomic mass is 10.2. The maximum atomic E-state index is 5.18. The van der Waals surface area contributed by atoms with Crippen LogP contribution in [0.2, 0.25) is 0 Å². The SMILES string of the molecule is CCNC(=NCc1ccnc(OC)c1)N1CCN(c2ncccn2)CC1.I. The fraction of sp³-hybridized carbons (Fsp3) is 0.444. The highest BCUT2D eigenvalue weighted by Gasteiger charge is 2.21. The Morgan fingerprint density at radius 3 is 2.56 bits per heavy atom. The van der Waals surface area contributed by atoms with E-state index in [0.717, 1.165) is 50.2 Å². The highest BCUT2D eigenvalue weighted by atomic mass is 127. The minimum absolute atomic E-state index is 0. The molecule has 0 saturated carbocycles. The lowest BCUT2D eigenvalue weighted by molar-refractivity contribution is 0.370. The van der Waals surface area contributed by atoms with Gasteiger partial charge in [0.15, 0.2) is 5.96 Å². The van der Waals surface area contributed by atoms with Crippen LogP contribution in [0, 0.1) is 0 Å². The van der Waals surface area contributed by atoms with Crippen LogP contribution in [0.25, 0.3) is 0 Å². The number of nitrogens with zero attached hydrogens (tertiary/aromatic N) is 6. The minimum atomic E-state index is 0. The van der Waals surface area contributed by atoms with Crippen LogP contribution in [-0.2, 0) is 6.54 Å². The maximum absolute atomic E-state index is 5.18. The standard InChI is InChI=1S/C18H25N7O.HI/c1-3-19-17(23-14-15-5-8-20-16(13-15)26-2)24-9-11-25(12-10-24)18-21-6-4-7-22-18;/h4-8,13H,3,9-12,14H2,1-2H3,(H,19,23);1H. The number of ether oxygens (including phenoxy) is 1. The lowest BCUT2D eigenvalue weighted by Crippen LogP contribution is -2.52. The van der Waals surface area contributed by atoms with Crippen molar-refractivity contribution in [1.29, 1.82) is 0 Å². The molecule has 0 bridgehead atoms. The molecule has 1 fully saturated rings. The van der Waals surface area contributed by atoms with E-state index in [0.29, 0.717) is 12.4 Å². The lowest BCUT2D eigenvalue weighted by Gasteiger charge is -2.36. The minimum Gasteiger partial charge on any atom is -0.481 e. The molecule has 0 aliphatic carbocycles. The normalized spacial score (nSPS) is 14.5. The number of hydrogen-bond donors (Lipinski definition) is 1. The van der Waals surface area contributed by atoms with E-state index >= 15 is 0 Å². The van der Waals surface area contributed by atoms with Crippen LogP contribution in [0.3, 0.4) is 0 Å². The molecule has 1 aliphatic heterocycles. The molecule has 1 saturated heterocycles. The number of aliphatic imine (C=N–C) groups is 1. The summed E-state index contributed by atoms with van der Waals surface area (Å²) in [7, 11) is 1.62. The monoisotopic (exact) mass is 483 g/mol. The van der Waals surface area contributed by atoms with Gasteiger partial charge in [-0.1, -0.05) is 0 Å². The molecular formula is C18H26IN7O. The summed E-state index contributed by atoms with van der Waals surface area (Å²) in [6, 6.07) is 5.71. The van der Waals surface area contributed by atoms with E-state index in [1.807, 2.05) is 18.2 Å². The van der Waals surface area contributed by atoms with Crippen molar-refractivity contribution in [3.8, 4) is 5.88 Å². The van der Waals surface area contributed by atoms with E-state index in [2.05, 4.69) is 37.0 Å².